The number of rotatable bonds is 2. The number of ether oxygens (including phenoxy) is 1. The lowest BCUT2D eigenvalue weighted by Gasteiger charge is -2.11. The quantitative estimate of drug-likeness (QED) is 0.446. The topological polar surface area (TPSA) is 60.2 Å². The van der Waals surface area contributed by atoms with Crippen molar-refractivity contribution in [2.75, 3.05) is 20.1 Å². The van der Waals surface area contributed by atoms with E-state index in [-0.39, 0.29) is 12.0 Å². The summed E-state index contributed by atoms with van der Waals surface area (Å²) >= 11 is 0. The molecule has 1 saturated heterocycles. The molecule has 1 aliphatic heterocycles. The maximum Gasteiger partial charge on any atom is 0.224 e. The summed E-state index contributed by atoms with van der Waals surface area (Å²) in [5.41, 5.74) is 0. The Kier molecular flexibility index (Phi) is 2.59. The summed E-state index contributed by atoms with van der Waals surface area (Å²) in [5.74, 6) is -0.0368. The van der Waals surface area contributed by atoms with E-state index in [0.29, 0.717) is 0 Å². The van der Waals surface area contributed by atoms with Crippen LogP contribution in [-0.4, -0.2) is 43.3 Å². The van der Waals surface area contributed by atoms with Gasteiger partial charge in [0.2, 0.25) is 5.90 Å². The van der Waals surface area contributed by atoms with Crippen molar-refractivity contribution in [3.63, 3.8) is 0 Å². The number of likely N-dealkylation sites (tertiary alicyclic amines) is 1. The lowest BCUT2D eigenvalue weighted by molar-refractivity contribution is 0.198. The van der Waals surface area contributed by atoms with Gasteiger partial charge in [0.25, 0.3) is 0 Å². The number of likely N-dealkylation sites (N-methyl/N-ethyl adjacent to an activating group) is 1. The van der Waals surface area contributed by atoms with Gasteiger partial charge < -0.3 is 15.0 Å². The highest BCUT2D eigenvalue weighted by Crippen LogP contribution is 2.09. The van der Waals surface area contributed by atoms with Crippen molar-refractivity contribution in [2.45, 2.75) is 12.5 Å². The van der Waals surface area contributed by atoms with Crippen LogP contribution in [0, 0.1) is 10.8 Å². The van der Waals surface area contributed by atoms with E-state index in [0.717, 1.165) is 25.7 Å². The molecule has 0 amide bonds. The van der Waals surface area contributed by atoms with Crippen LogP contribution in [-0.2, 0) is 4.74 Å². The van der Waals surface area contributed by atoms with E-state index in [1.807, 2.05) is 7.05 Å². The van der Waals surface area contributed by atoms with E-state index in [4.69, 9.17) is 15.6 Å². The Morgan fingerprint density at radius 1 is 1.73 bits per heavy atom. The average molecular weight is 155 g/mol. The fraction of sp³-hybridized carbons (Fsp3) is 0.714. The van der Waals surface area contributed by atoms with Crippen molar-refractivity contribution in [1.29, 1.82) is 10.8 Å². The van der Waals surface area contributed by atoms with Crippen molar-refractivity contribution in [2.24, 2.45) is 0 Å². The van der Waals surface area contributed by atoms with Crippen LogP contribution in [0.25, 0.3) is 0 Å². The molecule has 1 rings (SSSR count). The summed E-state index contributed by atoms with van der Waals surface area (Å²) in [6.45, 7) is 1.90. The minimum Gasteiger partial charge on any atom is -0.472 e. The smallest absolute Gasteiger partial charge is 0.224 e. The van der Waals surface area contributed by atoms with Gasteiger partial charge in [0.05, 0.1) is 6.21 Å². The van der Waals surface area contributed by atoms with Crippen molar-refractivity contribution in [1.82, 2.24) is 4.90 Å². The Bertz CT molecular complexity index is 169. The predicted octanol–water partition coefficient (Wildman–Crippen LogP) is 0.334. The summed E-state index contributed by atoms with van der Waals surface area (Å²) in [4.78, 5) is 2.15. The van der Waals surface area contributed by atoms with Gasteiger partial charge in [0.15, 0.2) is 0 Å². The van der Waals surface area contributed by atoms with E-state index < -0.39 is 0 Å². The van der Waals surface area contributed by atoms with Crippen LogP contribution in [0.4, 0.5) is 0 Å². The highest BCUT2D eigenvalue weighted by molar-refractivity contribution is 6.23. The highest BCUT2D eigenvalue weighted by Gasteiger charge is 2.20. The first-order chi connectivity index (χ1) is 5.22. The molecule has 0 aromatic carbocycles. The fourth-order valence-corrected chi connectivity index (χ4v) is 1.20. The normalized spacial score (nSPS) is 25.0. The van der Waals surface area contributed by atoms with Crippen LogP contribution in [0.15, 0.2) is 0 Å². The number of nitrogens with zero attached hydrogens (tertiary/aromatic N) is 1. The third-order valence-corrected chi connectivity index (χ3v) is 1.77. The standard InChI is InChI=1S/C7H13N3O/c1-10-3-2-6(5-10)11-7(9)4-8/h4,6,8-9H,2-3,5H2,1H3. The third-order valence-electron chi connectivity index (χ3n) is 1.77. The van der Waals surface area contributed by atoms with Gasteiger partial charge in [-0.2, -0.15) is 0 Å². The van der Waals surface area contributed by atoms with Crippen LogP contribution in [0.1, 0.15) is 6.42 Å². The maximum absolute atomic E-state index is 7.08. The molecule has 0 radical (unpaired) electrons. The van der Waals surface area contributed by atoms with E-state index in [9.17, 15) is 0 Å². The zero-order valence-electron chi connectivity index (χ0n) is 6.63. The molecular weight excluding hydrogens is 142 g/mol. The Morgan fingerprint density at radius 2 is 2.45 bits per heavy atom. The van der Waals surface area contributed by atoms with E-state index in [2.05, 4.69) is 4.90 Å². The molecule has 1 heterocycles. The first-order valence-corrected chi connectivity index (χ1v) is 3.66. The predicted molar refractivity (Wildman–Crippen MR) is 43.5 cm³/mol. The number of hydrogen-bond acceptors (Lipinski definition) is 4. The van der Waals surface area contributed by atoms with Crippen molar-refractivity contribution in [3.05, 3.63) is 0 Å². The largest absolute Gasteiger partial charge is 0.472 e. The lowest BCUT2D eigenvalue weighted by Crippen LogP contribution is -2.22. The Labute approximate surface area is 66.2 Å². The highest BCUT2D eigenvalue weighted by atomic mass is 16.5. The zero-order chi connectivity index (χ0) is 8.27. The molecule has 0 saturated carbocycles. The van der Waals surface area contributed by atoms with Gasteiger partial charge in [-0.1, -0.05) is 0 Å². The fourth-order valence-electron chi connectivity index (χ4n) is 1.20. The van der Waals surface area contributed by atoms with E-state index >= 15 is 0 Å². The second-order valence-corrected chi connectivity index (χ2v) is 2.80. The second-order valence-electron chi connectivity index (χ2n) is 2.80. The third kappa shape index (κ3) is 2.31. The summed E-state index contributed by atoms with van der Waals surface area (Å²) in [6, 6.07) is 0. The molecule has 4 heteroatoms. The molecule has 0 spiro atoms. The van der Waals surface area contributed by atoms with Gasteiger partial charge in [0.1, 0.15) is 6.10 Å². The molecule has 4 nitrogen and oxygen atoms in total. The zero-order valence-corrected chi connectivity index (χ0v) is 6.63. The molecule has 1 aliphatic rings. The van der Waals surface area contributed by atoms with Gasteiger partial charge in [-0.3, -0.25) is 5.41 Å². The SMILES string of the molecule is CN1CCC(OC(=N)C=N)C1. The lowest BCUT2D eigenvalue weighted by atomic mass is 10.3. The molecule has 1 fully saturated rings. The Morgan fingerprint density at radius 3 is 2.91 bits per heavy atom. The first-order valence-electron chi connectivity index (χ1n) is 3.66. The van der Waals surface area contributed by atoms with Gasteiger partial charge >= 0.3 is 0 Å². The maximum atomic E-state index is 7.08. The van der Waals surface area contributed by atoms with Gasteiger partial charge in [-0.15, -0.1) is 0 Å². The molecule has 0 aromatic rings. The van der Waals surface area contributed by atoms with Gasteiger partial charge in [-0.05, 0) is 13.5 Å². The minimum absolute atomic E-state index is 0.0368. The molecule has 0 bridgehead atoms. The summed E-state index contributed by atoms with van der Waals surface area (Å²) in [5, 5.41) is 13.8. The molecule has 1 unspecified atom stereocenters. The minimum atomic E-state index is -0.0368. The summed E-state index contributed by atoms with van der Waals surface area (Å²) < 4.78 is 5.13. The van der Waals surface area contributed by atoms with Gasteiger partial charge in [0, 0.05) is 13.1 Å². The van der Waals surface area contributed by atoms with Crippen LogP contribution >= 0.6 is 0 Å². The Hall–Kier alpha value is -0.900. The summed E-state index contributed by atoms with van der Waals surface area (Å²) in [6.07, 6.45) is 2.01. The van der Waals surface area contributed by atoms with Crippen LogP contribution in [0.3, 0.4) is 0 Å². The van der Waals surface area contributed by atoms with Gasteiger partial charge in [-0.25, -0.2) is 0 Å². The molecule has 11 heavy (non-hydrogen) atoms. The summed E-state index contributed by atoms with van der Waals surface area (Å²) in [7, 11) is 2.03. The molecule has 62 valence electrons. The van der Waals surface area contributed by atoms with Crippen molar-refractivity contribution in [3.8, 4) is 0 Å². The molecule has 1 atom stereocenters. The van der Waals surface area contributed by atoms with Crippen LogP contribution < -0.4 is 0 Å². The van der Waals surface area contributed by atoms with E-state index in [1.54, 1.807) is 0 Å². The van der Waals surface area contributed by atoms with Crippen molar-refractivity contribution >= 4 is 12.1 Å². The average Bonchev–Trinajstić information content (AvgIpc) is 2.35. The van der Waals surface area contributed by atoms with Crippen molar-refractivity contribution < 1.29 is 4.74 Å². The number of hydrogen-bond donors (Lipinski definition) is 2. The molecule has 0 aliphatic carbocycles. The van der Waals surface area contributed by atoms with Crippen LogP contribution in [0.5, 0.6) is 0 Å². The monoisotopic (exact) mass is 155 g/mol. The van der Waals surface area contributed by atoms with Crippen LogP contribution in [0.2, 0.25) is 0 Å². The first kappa shape index (κ1) is 8.20. The molecule has 2 N–H and O–H groups in total. The molecule has 0 aromatic heterocycles. The second kappa shape index (κ2) is 3.48. The Balaban J connectivity index is 2.28. The van der Waals surface area contributed by atoms with E-state index in [1.165, 1.54) is 0 Å². The number of nitrogens with one attached hydrogen (secondary N) is 2. The molecular formula is C7H13N3O.